The second-order valence-corrected chi connectivity index (χ2v) is 9.57. The second kappa shape index (κ2) is 10.7. The lowest BCUT2D eigenvalue weighted by atomic mass is 9.96. The zero-order chi connectivity index (χ0) is 22.3. The fourth-order valence-electron chi connectivity index (χ4n) is 3.40. The molecular formula is C23H33N3O3S. The van der Waals surface area contributed by atoms with E-state index in [1.54, 1.807) is 12.1 Å². The number of amides is 1. The fourth-order valence-corrected chi connectivity index (χ4v) is 4.89. The van der Waals surface area contributed by atoms with Crippen LogP contribution in [-0.2, 0) is 14.8 Å². The molecule has 2 aromatic carbocycles. The van der Waals surface area contributed by atoms with Gasteiger partial charge in [-0.15, -0.1) is 0 Å². The van der Waals surface area contributed by atoms with Crippen LogP contribution in [0.4, 0.5) is 5.69 Å². The predicted molar refractivity (Wildman–Crippen MR) is 122 cm³/mol. The van der Waals surface area contributed by atoms with Crippen LogP contribution in [0.5, 0.6) is 0 Å². The van der Waals surface area contributed by atoms with Crippen LogP contribution >= 0.6 is 0 Å². The average Bonchev–Trinajstić information content (AvgIpc) is 2.71. The van der Waals surface area contributed by atoms with Crippen molar-refractivity contribution in [2.75, 3.05) is 25.0 Å². The third-order valence-corrected chi connectivity index (χ3v) is 7.18. The predicted octanol–water partition coefficient (Wildman–Crippen LogP) is 3.95. The Hall–Kier alpha value is -2.22. The van der Waals surface area contributed by atoms with Crippen molar-refractivity contribution < 1.29 is 13.2 Å². The second-order valence-electron chi connectivity index (χ2n) is 7.63. The molecule has 164 valence electrons. The highest BCUT2D eigenvalue weighted by atomic mass is 32.2. The first kappa shape index (κ1) is 24.1. The SMILES string of the molecule is CCN(CC)S(=O)(=O)c1ccc(C)c(NC(=O)CN[C@H](c2ccccc2)C(C)C)c1. The Balaban J connectivity index is 2.13. The third-order valence-electron chi connectivity index (χ3n) is 5.13. The Bertz CT molecular complexity index is 939. The minimum Gasteiger partial charge on any atom is -0.325 e. The molecule has 0 fully saturated rings. The van der Waals surface area contributed by atoms with Gasteiger partial charge < -0.3 is 10.6 Å². The lowest BCUT2D eigenvalue weighted by molar-refractivity contribution is -0.115. The summed E-state index contributed by atoms with van der Waals surface area (Å²) in [5, 5.41) is 6.18. The number of nitrogens with one attached hydrogen (secondary N) is 2. The van der Waals surface area contributed by atoms with Crippen molar-refractivity contribution >= 4 is 21.6 Å². The minimum atomic E-state index is -3.58. The van der Waals surface area contributed by atoms with E-state index >= 15 is 0 Å². The first-order valence-electron chi connectivity index (χ1n) is 10.4. The molecule has 0 saturated carbocycles. The number of hydrogen-bond acceptors (Lipinski definition) is 4. The molecule has 30 heavy (non-hydrogen) atoms. The van der Waals surface area contributed by atoms with Gasteiger partial charge >= 0.3 is 0 Å². The largest absolute Gasteiger partial charge is 0.325 e. The lowest BCUT2D eigenvalue weighted by Crippen LogP contribution is -2.34. The van der Waals surface area contributed by atoms with Gasteiger partial charge in [-0.05, 0) is 36.1 Å². The van der Waals surface area contributed by atoms with Crippen molar-refractivity contribution in [1.29, 1.82) is 0 Å². The molecule has 0 unspecified atom stereocenters. The van der Waals surface area contributed by atoms with E-state index in [1.807, 2.05) is 51.1 Å². The Morgan fingerprint density at radius 3 is 2.23 bits per heavy atom. The fraction of sp³-hybridized carbons (Fsp3) is 0.435. The first-order chi connectivity index (χ1) is 14.2. The zero-order valence-electron chi connectivity index (χ0n) is 18.5. The van der Waals surface area contributed by atoms with E-state index in [1.165, 1.54) is 10.4 Å². The minimum absolute atomic E-state index is 0.0485. The van der Waals surface area contributed by atoms with E-state index in [0.717, 1.165) is 11.1 Å². The molecule has 2 aromatic rings. The van der Waals surface area contributed by atoms with E-state index in [4.69, 9.17) is 0 Å². The number of carbonyl (C=O) groups is 1. The van der Waals surface area contributed by atoms with Gasteiger partial charge in [0.15, 0.2) is 0 Å². The van der Waals surface area contributed by atoms with Crippen LogP contribution < -0.4 is 10.6 Å². The number of anilines is 1. The van der Waals surface area contributed by atoms with E-state index in [2.05, 4.69) is 24.5 Å². The molecule has 0 aliphatic heterocycles. The molecule has 0 aliphatic carbocycles. The molecule has 0 saturated heterocycles. The Labute approximate surface area is 180 Å². The van der Waals surface area contributed by atoms with Crippen LogP contribution in [0.25, 0.3) is 0 Å². The van der Waals surface area contributed by atoms with E-state index in [-0.39, 0.29) is 23.4 Å². The molecule has 6 nitrogen and oxygen atoms in total. The maximum atomic E-state index is 12.8. The van der Waals surface area contributed by atoms with E-state index in [9.17, 15) is 13.2 Å². The van der Waals surface area contributed by atoms with Crippen molar-refractivity contribution in [3.63, 3.8) is 0 Å². The number of aryl methyl sites for hydroxylation is 1. The van der Waals surface area contributed by atoms with Crippen LogP contribution in [0.2, 0.25) is 0 Å². The molecule has 7 heteroatoms. The maximum absolute atomic E-state index is 12.8. The summed E-state index contributed by atoms with van der Waals surface area (Å²) < 4.78 is 27.0. The maximum Gasteiger partial charge on any atom is 0.243 e. The van der Waals surface area contributed by atoms with Gasteiger partial charge in [0.2, 0.25) is 15.9 Å². The molecule has 2 rings (SSSR count). The van der Waals surface area contributed by atoms with Gasteiger partial charge in [0.25, 0.3) is 0 Å². The first-order valence-corrected chi connectivity index (χ1v) is 11.8. The van der Waals surface area contributed by atoms with Crippen LogP contribution in [0, 0.1) is 12.8 Å². The summed E-state index contributed by atoms with van der Waals surface area (Å²) >= 11 is 0. The number of benzene rings is 2. The lowest BCUT2D eigenvalue weighted by Gasteiger charge is -2.23. The summed E-state index contributed by atoms with van der Waals surface area (Å²) in [6, 6.07) is 14.9. The Morgan fingerprint density at radius 2 is 1.67 bits per heavy atom. The molecule has 0 heterocycles. The standard InChI is InChI=1S/C23H33N3O3S/c1-6-26(7-2)30(28,29)20-14-13-18(5)21(15-20)25-22(27)16-24-23(17(3)4)19-11-9-8-10-12-19/h8-15,17,23-24H,6-7,16H2,1-5H3,(H,25,27)/t23-/m0/s1. The van der Waals surface area contributed by atoms with Crippen molar-refractivity contribution in [2.24, 2.45) is 5.92 Å². The average molecular weight is 432 g/mol. The van der Waals surface area contributed by atoms with Crippen LogP contribution in [-0.4, -0.2) is 38.3 Å². The Kier molecular flexibility index (Phi) is 8.58. The summed E-state index contributed by atoms with van der Waals surface area (Å²) in [5.74, 6) is 0.0987. The Morgan fingerprint density at radius 1 is 1.03 bits per heavy atom. The van der Waals surface area contributed by atoms with Crippen molar-refractivity contribution in [2.45, 2.75) is 45.6 Å². The molecule has 0 spiro atoms. The van der Waals surface area contributed by atoms with Gasteiger partial charge in [0, 0.05) is 24.8 Å². The number of sulfonamides is 1. The van der Waals surface area contributed by atoms with Gasteiger partial charge in [-0.3, -0.25) is 4.79 Å². The quantitative estimate of drug-likeness (QED) is 0.597. The van der Waals surface area contributed by atoms with Gasteiger partial charge in [0.05, 0.1) is 11.4 Å². The molecule has 0 aliphatic rings. The van der Waals surface area contributed by atoms with Crippen molar-refractivity contribution in [3.8, 4) is 0 Å². The number of carbonyl (C=O) groups excluding carboxylic acids is 1. The molecular weight excluding hydrogens is 398 g/mol. The van der Waals surface area contributed by atoms with Gasteiger partial charge in [-0.1, -0.05) is 64.1 Å². The zero-order valence-corrected chi connectivity index (χ0v) is 19.3. The van der Waals surface area contributed by atoms with Gasteiger partial charge in [0.1, 0.15) is 0 Å². The summed E-state index contributed by atoms with van der Waals surface area (Å²) in [4.78, 5) is 12.8. The summed E-state index contributed by atoms with van der Waals surface area (Å²) in [7, 11) is -3.58. The van der Waals surface area contributed by atoms with E-state index in [0.29, 0.717) is 24.7 Å². The molecule has 0 aromatic heterocycles. The number of nitrogens with zero attached hydrogens (tertiary/aromatic N) is 1. The highest BCUT2D eigenvalue weighted by Crippen LogP contribution is 2.24. The van der Waals surface area contributed by atoms with Crippen LogP contribution in [0.3, 0.4) is 0 Å². The molecule has 2 N–H and O–H groups in total. The summed E-state index contributed by atoms with van der Waals surface area (Å²) in [5.41, 5.74) is 2.45. The topological polar surface area (TPSA) is 78.5 Å². The van der Waals surface area contributed by atoms with Gasteiger partial charge in [-0.25, -0.2) is 8.42 Å². The normalized spacial score (nSPS) is 12.9. The molecule has 1 amide bonds. The van der Waals surface area contributed by atoms with Crippen molar-refractivity contribution in [1.82, 2.24) is 9.62 Å². The molecule has 0 bridgehead atoms. The summed E-state index contributed by atoms with van der Waals surface area (Å²) in [6.45, 7) is 10.6. The monoisotopic (exact) mass is 431 g/mol. The van der Waals surface area contributed by atoms with Crippen LogP contribution in [0.15, 0.2) is 53.4 Å². The highest BCUT2D eigenvalue weighted by Gasteiger charge is 2.23. The third kappa shape index (κ3) is 5.90. The highest BCUT2D eigenvalue weighted by molar-refractivity contribution is 7.89. The number of hydrogen-bond donors (Lipinski definition) is 2. The smallest absolute Gasteiger partial charge is 0.243 e. The number of rotatable bonds is 10. The van der Waals surface area contributed by atoms with Gasteiger partial charge in [-0.2, -0.15) is 4.31 Å². The van der Waals surface area contributed by atoms with E-state index < -0.39 is 10.0 Å². The summed E-state index contributed by atoms with van der Waals surface area (Å²) in [6.07, 6.45) is 0. The molecule has 0 radical (unpaired) electrons. The van der Waals surface area contributed by atoms with Crippen molar-refractivity contribution in [3.05, 3.63) is 59.7 Å². The van der Waals surface area contributed by atoms with Crippen LogP contribution in [0.1, 0.15) is 44.9 Å². The molecule has 1 atom stereocenters.